The second-order valence-corrected chi connectivity index (χ2v) is 6.31. The number of carbonyl (C=O) groups is 3. The molecule has 0 saturated heterocycles. The maximum Gasteiger partial charge on any atom is 0.261 e. The van der Waals surface area contributed by atoms with Crippen molar-refractivity contribution in [3.8, 4) is 0 Å². The molecule has 0 aliphatic rings. The predicted molar refractivity (Wildman–Crippen MR) is 99.9 cm³/mol. The Hall–Kier alpha value is -2.67. The summed E-state index contributed by atoms with van der Waals surface area (Å²) in [5, 5.41) is 10.2. The molecule has 0 atom stereocenters. The van der Waals surface area contributed by atoms with Crippen LogP contribution in [-0.2, 0) is 9.59 Å². The highest BCUT2D eigenvalue weighted by molar-refractivity contribution is 7.12. The van der Waals surface area contributed by atoms with Crippen LogP contribution < -0.4 is 16.0 Å². The van der Waals surface area contributed by atoms with Gasteiger partial charge in [0, 0.05) is 30.8 Å². The zero-order valence-electron chi connectivity index (χ0n) is 14.0. The van der Waals surface area contributed by atoms with E-state index in [0.29, 0.717) is 42.1 Å². The Morgan fingerprint density at radius 1 is 0.960 bits per heavy atom. The van der Waals surface area contributed by atoms with Gasteiger partial charge in [-0.15, -0.1) is 11.3 Å². The van der Waals surface area contributed by atoms with Crippen molar-refractivity contribution in [3.63, 3.8) is 0 Å². The van der Waals surface area contributed by atoms with Crippen LogP contribution in [0.2, 0.25) is 0 Å². The van der Waals surface area contributed by atoms with Gasteiger partial charge in [0.05, 0.1) is 4.88 Å². The van der Waals surface area contributed by atoms with E-state index in [4.69, 9.17) is 0 Å². The number of anilines is 2. The van der Waals surface area contributed by atoms with Crippen molar-refractivity contribution in [2.75, 3.05) is 17.2 Å². The summed E-state index contributed by atoms with van der Waals surface area (Å²) in [6.45, 7) is 2.24. The fourth-order valence-electron chi connectivity index (χ4n) is 2.06. The first-order valence-electron chi connectivity index (χ1n) is 8.10. The lowest BCUT2D eigenvalue weighted by atomic mass is 10.2. The minimum absolute atomic E-state index is 0.0543. The van der Waals surface area contributed by atoms with Crippen molar-refractivity contribution in [3.05, 3.63) is 46.7 Å². The summed E-state index contributed by atoms with van der Waals surface area (Å²) in [6.07, 6.45) is 1.30. The number of benzene rings is 1. The van der Waals surface area contributed by atoms with Crippen LogP contribution in [0.5, 0.6) is 0 Å². The highest BCUT2D eigenvalue weighted by atomic mass is 32.1. The van der Waals surface area contributed by atoms with E-state index >= 15 is 0 Å². The van der Waals surface area contributed by atoms with Gasteiger partial charge in [0.1, 0.15) is 0 Å². The zero-order valence-corrected chi connectivity index (χ0v) is 14.8. The maximum absolute atomic E-state index is 11.9. The molecule has 0 aliphatic carbocycles. The molecule has 3 N–H and O–H groups in total. The quantitative estimate of drug-likeness (QED) is 0.632. The summed E-state index contributed by atoms with van der Waals surface area (Å²) in [5.74, 6) is -0.280. The topological polar surface area (TPSA) is 87.3 Å². The molecular formula is C18H21N3O3S. The van der Waals surface area contributed by atoms with Gasteiger partial charge in [-0.3, -0.25) is 14.4 Å². The number of thiophene rings is 1. The molecule has 3 amide bonds. The Bertz CT molecular complexity index is 712. The number of nitrogens with one attached hydrogen (secondary N) is 3. The Kier molecular flexibility index (Phi) is 7.16. The monoisotopic (exact) mass is 359 g/mol. The van der Waals surface area contributed by atoms with Gasteiger partial charge in [0.15, 0.2) is 0 Å². The maximum atomic E-state index is 11.9. The molecule has 1 aromatic heterocycles. The van der Waals surface area contributed by atoms with Crippen molar-refractivity contribution in [2.45, 2.75) is 26.2 Å². The van der Waals surface area contributed by atoms with Crippen LogP contribution in [0.25, 0.3) is 0 Å². The second-order valence-electron chi connectivity index (χ2n) is 5.36. The van der Waals surface area contributed by atoms with Crippen LogP contribution in [-0.4, -0.2) is 24.3 Å². The minimum atomic E-state index is -0.115. The summed E-state index contributed by atoms with van der Waals surface area (Å²) < 4.78 is 0. The fraction of sp³-hybridized carbons (Fsp3) is 0.278. The van der Waals surface area contributed by atoms with Gasteiger partial charge in [-0.25, -0.2) is 0 Å². The van der Waals surface area contributed by atoms with E-state index in [1.807, 2.05) is 11.4 Å². The van der Waals surface area contributed by atoms with Gasteiger partial charge < -0.3 is 16.0 Å². The summed E-state index contributed by atoms with van der Waals surface area (Å²) in [4.78, 5) is 35.6. The van der Waals surface area contributed by atoms with Gasteiger partial charge in [-0.1, -0.05) is 13.0 Å². The van der Waals surface area contributed by atoms with E-state index in [-0.39, 0.29) is 17.7 Å². The SMILES string of the molecule is CCC(=O)Nc1ccc(NC(=O)CCCNC(=O)c2cccs2)cc1. The zero-order chi connectivity index (χ0) is 18.1. The van der Waals surface area contributed by atoms with E-state index in [0.717, 1.165) is 0 Å². The van der Waals surface area contributed by atoms with Crippen LogP contribution in [0.1, 0.15) is 35.9 Å². The Balaban J connectivity index is 1.68. The highest BCUT2D eigenvalue weighted by Crippen LogP contribution is 2.14. The van der Waals surface area contributed by atoms with Crippen molar-refractivity contribution in [1.29, 1.82) is 0 Å². The molecule has 0 bridgehead atoms. The molecule has 0 spiro atoms. The molecule has 1 heterocycles. The largest absolute Gasteiger partial charge is 0.351 e. The van der Waals surface area contributed by atoms with Gasteiger partial charge in [-0.05, 0) is 42.1 Å². The number of carbonyl (C=O) groups excluding carboxylic acids is 3. The lowest BCUT2D eigenvalue weighted by Crippen LogP contribution is -2.24. The van der Waals surface area contributed by atoms with E-state index in [1.54, 1.807) is 37.3 Å². The Labute approximate surface area is 150 Å². The number of amides is 3. The summed E-state index contributed by atoms with van der Waals surface area (Å²) in [5.41, 5.74) is 1.36. The van der Waals surface area contributed by atoms with Crippen LogP contribution in [0.3, 0.4) is 0 Å². The molecule has 132 valence electrons. The number of hydrogen-bond acceptors (Lipinski definition) is 4. The molecule has 0 saturated carbocycles. The van der Waals surface area contributed by atoms with Crippen LogP contribution in [0.4, 0.5) is 11.4 Å². The lowest BCUT2D eigenvalue weighted by molar-refractivity contribution is -0.116. The standard InChI is InChI=1S/C18H21N3O3S/c1-2-16(22)20-13-7-9-14(10-8-13)21-17(23)6-3-11-19-18(24)15-5-4-12-25-15/h4-5,7-10,12H,2-3,6,11H2,1H3,(H,19,24)(H,20,22)(H,21,23). The average Bonchev–Trinajstić information content (AvgIpc) is 3.15. The highest BCUT2D eigenvalue weighted by Gasteiger charge is 2.07. The van der Waals surface area contributed by atoms with Gasteiger partial charge in [0.25, 0.3) is 5.91 Å². The molecule has 0 fully saturated rings. The molecule has 2 aromatic rings. The molecule has 0 radical (unpaired) electrons. The first-order chi connectivity index (χ1) is 12.1. The van der Waals surface area contributed by atoms with Crippen molar-refractivity contribution >= 4 is 40.4 Å². The third kappa shape index (κ3) is 6.39. The summed E-state index contributed by atoms with van der Waals surface area (Å²) in [6, 6.07) is 10.5. The smallest absolute Gasteiger partial charge is 0.261 e. The summed E-state index contributed by atoms with van der Waals surface area (Å²) in [7, 11) is 0. The van der Waals surface area contributed by atoms with E-state index in [2.05, 4.69) is 16.0 Å². The first kappa shape index (κ1) is 18.7. The average molecular weight is 359 g/mol. The fourth-order valence-corrected chi connectivity index (χ4v) is 2.70. The molecule has 1 aromatic carbocycles. The minimum Gasteiger partial charge on any atom is -0.351 e. The third-order valence-corrected chi connectivity index (χ3v) is 4.25. The predicted octanol–water partition coefficient (Wildman–Crippen LogP) is 3.25. The number of hydrogen-bond donors (Lipinski definition) is 3. The van der Waals surface area contributed by atoms with E-state index < -0.39 is 0 Å². The van der Waals surface area contributed by atoms with Crippen LogP contribution >= 0.6 is 11.3 Å². The number of rotatable bonds is 8. The Morgan fingerprint density at radius 3 is 2.16 bits per heavy atom. The van der Waals surface area contributed by atoms with Crippen molar-refractivity contribution in [2.24, 2.45) is 0 Å². The van der Waals surface area contributed by atoms with E-state index in [9.17, 15) is 14.4 Å². The molecule has 7 heteroatoms. The van der Waals surface area contributed by atoms with Crippen LogP contribution in [0.15, 0.2) is 41.8 Å². The van der Waals surface area contributed by atoms with E-state index in [1.165, 1.54) is 11.3 Å². The molecule has 0 aliphatic heterocycles. The third-order valence-electron chi connectivity index (χ3n) is 3.38. The van der Waals surface area contributed by atoms with Gasteiger partial charge in [0.2, 0.25) is 11.8 Å². The molecular weight excluding hydrogens is 338 g/mol. The lowest BCUT2D eigenvalue weighted by Gasteiger charge is -2.08. The normalized spacial score (nSPS) is 10.1. The van der Waals surface area contributed by atoms with Gasteiger partial charge in [-0.2, -0.15) is 0 Å². The Morgan fingerprint density at radius 2 is 1.60 bits per heavy atom. The van der Waals surface area contributed by atoms with Crippen molar-refractivity contribution < 1.29 is 14.4 Å². The van der Waals surface area contributed by atoms with Crippen LogP contribution in [0, 0.1) is 0 Å². The van der Waals surface area contributed by atoms with Crippen molar-refractivity contribution in [1.82, 2.24) is 5.32 Å². The molecule has 2 rings (SSSR count). The van der Waals surface area contributed by atoms with Gasteiger partial charge >= 0.3 is 0 Å². The summed E-state index contributed by atoms with van der Waals surface area (Å²) >= 11 is 1.39. The second kappa shape index (κ2) is 9.58. The molecule has 0 unspecified atom stereocenters. The molecule has 25 heavy (non-hydrogen) atoms. The molecule has 6 nitrogen and oxygen atoms in total. The first-order valence-corrected chi connectivity index (χ1v) is 8.98.